The lowest BCUT2D eigenvalue weighted by Crippen LogP contribution is -2.39. The number of hydrogen-bond acceptors (Lipinski definition) is 5. The van der Waals surface area contributed by atoms with Crippen molar-refractivity contribution in [2.75, 3.05) is 19.8 Å². The number of nitrogens with one attached hydrogen (secondary N) is 1. The number of carboxylic acid groups (broad SMARTS) is 1. The lowest BCUT2D eigenvalue weighted by molar-refractivity contribution is 0.0264. The number of rotatable bonds is 5. The fourth-order valence-corrected chi connectivity index (χ4v) is 3.60. The molecule has 2 N–H and O–H groups in total. The summed E-state index contributed by atoms with van der Waals surface area (Å²) in [5, 5.41) is 8.84. The molecule has 0 saturated carbocycles. The van der Waals surface area contributed by atoms with Crippen molar-refractivity contribution < 1.29 is 27.5 Å². The van der Waals surface area contributed by atoms with Gasteiger partial charge in [-0.3, -0.25) is 0 Å². The van der Waals surface area contributed by atoms with Gasteiger partial charge >= 0.3 is 5.97 Å². The summed E-state index contributed by atoms with van der Waals surface area (Å²) in [6.45, 7) is 4.95. The van der Waals surface area contributed by atoms with Crippen LogP contribution < -0.4 is 4.72 Å². The fraction of sp³-hybridized carbons (Fsp3) is 0.615. The number of furan rings is 1. The van der Waals surface area contributed by atoms with Crippen molar-refractivity contribution in [1.29, 1.82) is 0 Å². The molecule has 0 amide bonds. The summed E-state index contributed by atoms with van der Waals surface area (Å²) in [4.78, 5) is 10.7. The van der Waals surface area contributed by atoms with Crippen LogP contribution in [0.25, 0.3) is 0 Å². The van der Waals surface area contributed by atoms with Gasteiger partial charge in [0.2, 0.25) is 15.8 Å². The van der Waals surface area contributed by atoms with Crippen LogP contribution in [0, 0.1) is 12.3 Å². The first-order chi connectivity index (χ1) is 9.73. The number of ether oxygens (including phenoxy) is 1. The Morgan fingerprint density at radius 2 is 2.05 bits per heavy atom. The van der Waals surface area contributed by atoms with Gasteiger partial charge in [0.15, 0.2) is 0 Å². The minimum atomic E-state index is -3.79. The number of carboxylic acids is 1. The second kappa shape index (κ2) is 5.78. The van der Waals surface area contributed by atoms with E-state index in [0.717, 1.165) is 18.9 Å². The van der Waals surface area contributed by atoms with E-state index in [0.29, 0.717) is 13.2 Å². The van der Waals surface area contributed by atoms with Crippen molar-refractivity contribution in [2.24, 2.45) is 5.41 Å². The molecule has 1 aliphatic rings. The van der Waals surface area contributed by atoms with Crippen LogP contribution in [0.2, 0.25) is 0 Å². The summed E-state index contributed by atoms with van der Waals surface area (Å²) in [5.41, 5.74) is -0.154. The Balaban J connectivity index is 2.13. The highest BCUT2D eigenvalue weighted by atomic mass is 32.2. The van der Waals surface area contributed by atoms with Crippen molar-refractivity contribution in [2.45, 2.75) is 31.6 Å². The third-order valence-corrected chi connectivity index (χ3v) is 5.27. The number of aryl methyl sites for hydroxylation is 1. The maximum atomic E-state index is 12.3. The molecular formula is C13H19NO6S. The summed E-state index contributed by atoms with van der Waals surface area (Å²) >= 11 is 0. The molecule has 1 aromatic rings. The van der Waals surface area contributed by atoms with Crippen molar-refractivity contribution in [3.63, 3.8) is 0 Å². The highest BCUT2D eigenvalue weighted by Gasteiger charge is 2.31. The van der Waals surface area contributed by atoms with Gasteiger partial charge in [-0.05, 0) is 25.2 Å². The number of hydrogen-bond donors (Lipinski definition) is 2. The van der Waals surface area contributed by atoms with E-state index in [2.05, 4.69) is 4.72 Å². The van der Waals surface area contributed by atoms with Crippen LogP contribution in [0.3, 0.4) is 0 Å². The molecule has 0 unspecified atom stereocenters. The number of sulfonamides is 1. The van der Waals surface area contributed by atoms with Crippen LogP contribution in [0.4, 0.5) is 0 Å². The SMILES string of the molecule is Cc1oc(C(=O)O)cc1S(=O)(=O)NCC1(C)CCOCC1. The van der Waals surface area contributed by atoms with Crippen LogP contribution in [-0.4, -0.2) is 39.3 Å². The van der Waals surface area contributed by atoms with Crippen LogP contribution >= 0.6 is 0 Å². The minimum Gasteiger partial charge on any atom is -0.475 e. The van der Waals surface area contributed by atoms with Gasteiger partial charge in [-0.25, -0.2) is 17.9 Å². The van der Waals surface area contributed by atoms with Crippen LogP contribution in [0.5, 0.6) is 0 Å². The van der Waals surface area contributed by atoms with E-state index in [1.54, 1.807) is 0 Å². The van der Waals surface area contributed by atoms with E-state index in [-0.39, 0.29) is 28.4 Å². The second-order valence-corrected chi connectivity index (χ2v) is 7.32. The zero-order chi connectivity index (χ0) is 15.7. The zero-order valence-corrected chi connectivity index (χ0v) is 12.8. The molecule has 0 atom stereocenters. The topological polar surface area (TPSA) is 106 Å². The molecule has 2 heterocycles. The Bertz CT molecular complexity index is 627. The molecule has 1 aliphatic heterocycles. The normalized spacial score (nSPS) is 18.6. The molecule has 1 aromatic heterocycles. The summed E-state index contributed by atoms with van der Waals surface area (Å²) in [5.74, 6) is -1.61. The lowest BCUT2D eigenvalue weighted by Gasteiger charge is -2.33. The van der Waals surface area contributed by atoms with Gasteiger partial charge in [0, 0.05) is 25.8 Å². The minimum absolute atomic E-state index is 0.0667. The highest BCUT2D eigenvalue weighted by molar-refractivity contribution is 7.89. The van der Waals surface area contributed by atoms with Crippen LogP contribution in [0.1, 0.15) is 36.1 Å². The maximum absolute atomic E-state index is 12.3. The molecule has 0 radical (unpaired) electrons. The molecule has 1 fully saturated rings. The predicted octanol–water partition coefficient (Wildman–Crippen LogP) is 1.38. The highest BCUT2D eigenvalue weighted by Crippen LogP contribution is 2.29. The molecule has 8 heteroatoms. The summed E-state index contributed by atoms with van der Waals surface area (Å²) in [6.07, 6.45) is 1.56. The van der Waals surface area contributed by atoms with Gasteiger partial charge in [0.25, 0.3) is 0 Å². The van der Waals surface area contributed by atoms with Crippen molar-refractivity contribution in [1.82, 2.24) is 4.72 Å². The third-order valence-electron chi connectivity index (χ3n) is 3.76. The standard InChI is InChI=1S/C13H19NO6S/c1-9-11(7-10(20-9)12(15)16)21(17,18)14-8-13(2)3-5-19-6-4-13/h7,14H,3-6,8H2,1-2H3,(H,15,16). The second-order valence-electron chi connectivity index (χ2n) is 5.58. The average molecular weight is 317 g/mol. The van der Waals surface area contributed by atoms with Crippen molar-refractivity contribution in [3.05, 3.63) is 17.6 Å². The largest absolute Gasteiger partial charge is 0.475 e. The van der Waals surface area contributed by atoms with Gasteiger partial charge in [-0.1, -0.05) is 6.92 Å². The summed E-state index contributed by atoms with van der Waals surface area (Å²) in [7, 11) is -3.79. The van der Waals surface area contributed by atoms with E-state index in [9.17, 15) is 13.2 Å². The molecule has 0 aliphatic carbocycles. The Morgan fingerprint density at radius 3 is 2.57 bits per heavy atom. The predicted molar refractivity (Wildman–Crippen MR) is 73.8 cm³/mol. The van der Waals surface area contributed by atoms with Gasteiger partial charge < -0.3 is 14.3 Å². The monoisotopic (exact) mass is 317 g/mol. The van der Waals surface area contributed by atoms with Crippen molar-refractivity contribution in [3.8, 4) is 0 Å². The van der Waals surface area contributed by atoms with E-state index in [1.807, 2.05) is 6.92 Å². The van der Waals surface area contributed by atoms with Crippen LogP contribution in [-0.2, 0) is 14.8 Å². The molecule has 0 bridgehead atoms. The fourth-order valence-electron chi connectivity index (χ4n) is 2.23. The molecule has 2 rings (SSSR count). The molecule has 21 heavy (non-hydrogen) atoms. The quantitative estimate of drug-likeness (QED) is 0.850. The molecule has 0 aromatic carbocycles. The number of aromatic carboxylic acids is 1. The van der Waals surface area contributed by atoms with Gasteiger partial charge in [-0.15, -0.1) is 0 Å². The maximum Gasteiger partial charge on any atom is 0.371 e. The molecule has 1 saturated heterocycles. The zero-order valence-electron chi connectivity index (χ0n) is 12.0. The van der Waals surface area contributed by atoms with Crippen molar-refractivity contribution >= 4 is 16.0 Å². The van der Waals surface area contributed by atoms with E-state index < -0.39 is 16.0 Å². The third kappa shape index (κ3) is 3.63. The first kappa shape index (κ1) is 16.0. The molecule has 0 spiro atoms. The van der Waals surface area contributed by atoms with Gasteiger partial charge in [0.05, 0.1) is 0 Å². The Labute approximate surface area is 123 Å². The average Bonchev–Trinajstić information content (AvgIpc) is 2.81. The number of carbonyl (C=O) groups is 1. The summed E-state index contributed by atoms with van der Waals surface area (Å²) in [6, 6.07) is 1.03. The van der Waals surface area contributed by atoms with E-state index in [4.69, 9.17) is 14.3 Å². The molecular weight excluding hydrogens is 298 g/mol. The van der Waals surface area contributed by atoms with E-state index in [1.165, 1.54) is 6.92 Å². The lowest BCUT2D eigenvalue weighted by atomic mass is 9.83. The van der Waals surface area contributed by atoms with E-state index >= 15 is 0 Å². The van der Waals surface area contributed by atoms with Gasteiger partial charge in [-0.2, -0.15) is 0 Å². The van der Waals surface area contributed by atoms with Crippen LogP contribution in [0.15, 0.2) is 15.4 Å². The molecule has 118 valence electrons. The summed E-state index contributed by atoms with van der Waals surface area (Å²) < 4.78 is 37.3. The Hall–Kier alpha value is -1.38. The molecule has 7 nitrogen and oxygen atoms in total. The first-order valence-electron chi connectivity index (χ1n) is 6.65. The first-order valence-corrected chi connectivity index (χ1v) is 8.13. The van der Waals surface area contributed by atoms with Gasteiger partial charge in [0.1, 0.15) is 10.7 Å². The smallest absolute Gasteiger partial charge is 0.371 e. The Kier molecular flexibility index (Phi) is 4.40. The Morgan fingerprint density at radius 1 is 1.43 bits per heavy atom.